The van der Waals surface area contributed by atoms with Crippen molar-refractivity contribution in [1.82, 2.24) is 10.2 Å². The second-order valence-electron chi connectivity index (χ2n) is 7.23. The molecule has 1 unspecified atom stereocenters. The van der Waals surface area contributed by atoms with Crippen molar-refractivity contribution in [3.05, 3.63) is 64.2 Å². The Morgan fingerprint density at radius 1 is 1.11 bits per heavy atom. The fraction of sp³-hybridized carbons (Fsp3) is 0.286. The molecule has 1 atom stereocenters. The molecule has 0 saturated heterocycles. The molecule has 7 heteroatoms. The Morgan fingerprint density at radius 2 is 1.93 bits per heavy atom. The fourth-order valence-corrected chi connectivity index (χ4v) is 4.12. The Hall–Kier alpha value is -3.35. The standard InChI is InChI=1S/C21H21N3O4/c22-19(26)16-3-1-2-13-11-24(9-8-15(13)16)21(28)20(27)23-18-7-5-12-4-6-14(25)10-17(12)18/h1-4,6,10,18,25H,5,7-9,11H2,(H2,22,26)(H,23,27). The van der Waals surface area contributed by atoms with E-state index in [-0.39, 0.29) is 18.3 Å². The first-order valence-corrected chi connectivity index (χ1v) is 9.26. The normalized spacial score (nSPS) is 17.6. The molecule has 4 N–H and O–H groups in total. The molecule has 1 aliphatic heterocycles. The fourth-order valence-electron chi connectivity index (χ4n) is 4.12. The van der Waals surface area contributed by atoms with Gasteiger partial charge in [0.15, 0.2) is 0 Å². The third-order valence-corrected chi connectivity index (χ3v) is 5.53. The molecule has 2 aromatic rings. The first-order valence-electron chi connectivity index (χ1n) is 9.26. The first-order chi connectivity index (χ1) is 13.4. The quantitative estimate of drug-likeness (QED) is 0.680. The number of carbonyl (C=O) groups excluding carboxylic acids is 3. The number of amides is 3. The van der Waals surface area contributed by atoms with Gasteiger partial charge in [-0.15, -0.1) is 0 Å². The first kappa shape index (κ1) is 18.0. The summed E-state index contributed by atoms with van der Waals surface area (Å²) >= 11 is 0. The number of fused-ring (bicyclic) bond motifs is 2. The van der Waals surface area contributed by atoms with Crippen molar-refractivity contribution >= 4 is 17.7 Å². The third-order valence-electron chi connectivity index (χ3n) is 5.53. The minimum atomic E-state index is -0.657. The number of aryl methyl sites for hydroxylation is 1. The van der Waals surface area contributed by atoms with Gasteiger partial charge in [0.1, 0.15) is 5.75 Å². The summed E-state index contributed by atoms with van der Waals surface area (Å²) in [5, 5.41) is 12.5. The van der Waals surface area contributed by atoms with E-state index >= 15 is 0 Å². The van der Waals surface area contributed by atoms with Crippen LogP contribution in [0.3, 0.4) is 0 Å². The van der Waals surface area contributed by atoms with Crippen molar-refractivity contribution < 1.29 is 19.5 Å². The summed E-state index contributed by atoms with van der Waals surface area (Å²) < 4.78 is 0. The largest absolute Gasteiger partial charge is 0.508 e. The molecule has 2 aromatic carbocycles. The third kappa shape index (κ3) is 3.19. The zero-order valence-corrected chi connectivity index (χ0v) is 15.3. The highest BCUT2D eigenvalue weighted by atomic mass is 16.3. The van der Waals surface area contributed by atoms with Crippen LogP contribution in [0.2, 0.25) is 0 Å². The highest BCUT2D eigenvalue weighted by Crippen LogP contribution is 2.33. The zero-order chi connectivity index (χ0) is 19.8. The maximum absolute atomic E-state index is 12.7. The smallest absolute Gasteiger partial charge is 0.312 e. The van der Waals surface area contributed by atoms with Crippen LogP contribution in [0.25, 0.3) is 0 Å². The number of aromatic hydroxyl groups is 1. The number of hydrogen-bond acceptors (Lipinski definition) is 4. The Labute approximate surface area is 162 Å². The molecule has 0 radical (unpaired) electrons. The Morgan fingerprint density at radius 3 is 2.71 bits per heavy atom. The van der Waals surface area contributed by atoms with Crippen LogP contribution >= 0.6 is 0 Å². The van der Waals surface area contributed by atoms with E-state index in [1.165, 1.54) is 4.90 Å². The van der Waals surface area contributed by atoms with Crippen LogP contribution in [0.1, 0.15) is 45.1 Å². The average Bonchev–Trinajstić information content (AvgIpc) is 3.08. The van der Waals surface area contributed by atoms with Gasteiger partial charge in [-0.3, -0.25) is 14.4 Å². The SMILES string of the molecule is NC(=O)c1cccc2c1CCN(C(=O)C(=O)NC1CCc3ccc(O)cc31)C2. The van der Waals surface area contributed by atoms with Crippen molar-refractivity contribution in [3.63, 3.8) is 0 Å². The lowest BCUT2D eigenvalue weighted by molar-refractivity contribution is -0.146. The lowest BCUT2D eigenvalue weighted by atomic mass is 9.94. The van der Waals surface area contributed by atoms with E-state index in [9.17, 15) is 19.5 Å². The van der Waals surface area contributed by atoms with Gasteiger partial charge in [0.2, 0.25) is 5.91 Å². The van der Waals surface area contributed by atoms with Crippen molar-refractivity contribution in [2.24, 2.45) is 5.73 Å². The molecule has 1 heterocycles. The molecule has 1 aliphatic carbocycles. The molecule has 7 nitrogen and oxygen atoms in total. The van der Waals surface area contributed by atoms with Crippen LogP contribution in [0.5, 0.6) is 5.75 Å². The van der Waals surface area contributed by atoms with Crippen LogP contribution in [-0.2, 0) is 29.0 Å². The van der Waals surface area contributed by atoms with E-state index in [4.69, 9.17) is 5.73 Å². The number of nitrogens with zero attached hydrogens (tertiary/aromatic N) is 1. The molecule has 0 aromatic heterocycles. The number of hydrogen-bond donors (Lipinski definition) is 3. The molecule has 28 heavy (non-hydrogen) atoms. The van der Waals surface area contributed by atoms with Gasteiger partial charge in [-0.25, -0.2) is 0 Å². The van der Waals surface area contributed by atoms with E-state index in [2.05, 4.69) is 5.32 Å². The van der Waals surface area contributed by atoms with Gasteiger partial charge in [0.05, 0.1) is 6.04 Å². The monoisotopic (exact) mass is 379 g/mol. The maximum atomic E-state index is 12.7. The van der Waals surface area contributed by atoms with Gasteiger partial charge >= 0.3 is 11.8 Å². The Kier molecular flexibility index (Phi) is 4.50. The van der Waals surface area contributed by atoms with Gasteiger partial charge in [-0.2, -0.15) is 0 Å². The summed E-state index contributed by atoms with van der Waals surface area (Å²) in [6.07, 6.45) is 1.97. The highest BCUT2D eigenvalue weighted by Gasteiger charge is 2.31. The van der Waals surface area contributed by atoms with E-state index in [0.29, 0.717) is 24.9 Å². The number of nitrogens with two attached hydrogens (primary N) is 1. The topological polar surface area (TPSA) is 113 Å². The predicted octanol–water partition coefficient (Wildman–Crippen LogP) is 1.18. The van der Waals surface area contributed by atoms with Gasteiger partial charge in [-0.05, 0) is 59.7 Å². The van der Waals surface area contributed by atoms with E-state index in [1.54, 1.807) is 24.3 Å². The lowest BCUT2D eigenvalue weighted by Crippen LogP contribution is -2.46. The minimum absolute atomic E-state index is 0.143. The van der Waals surface area contributed by atoms with Crippen LogP contribution in [0, 0.1) is 0 Å². The number of nitrogens with one attached hydrogen (secondary N) is 1. The second kappa shape index (κ2) is 6.99. The average molecular weight is 379 g/mol. The number of rotatable bonds is 2. The zero-order valence-electron chi connectivity index (χ0n) is 15.3. The van der Waals surface area contributed by atoms with Gasteiger partial charge < -0.3 is 21.1 Å². The number of benzene rings is 2. The summed E-state index contributed by atoms with van der Waals surface area (Å²) in [4.78, 5) is 38.3. The number of phenols is 1. The summed E-state index contributed by atoms with van der Waals surface area (Å²) in [5.74, 6) is -1.60. The predicted molar refractivity (Wildman–Crippen MR) is 101 cm³/mol. The molecular weight excluding hydrogens is 358 g/mol. The van der Waals surface area contributed by atoms with Gasteiger partial charge in [-0.1, -0.05) is 18.2 Å². The molecule has 144 valence electrons. The number of phenolic OH excluding ortho intramolecular Hbond substituents is 1. The van der Waals surface area contributed by atoms with Crippen molar-refractivity contribution in [1.29, 1.82) is 0 Å². The molecule has 4 rings (SSSR count). The summed E-state index contributed by atoms with van der Waals surface area (Å²) in [5.41, 5.74) is 9.50. The van der Waals surface area contributed by atoms with Crippen molar-refractivity contribution in [2.75, 3.05) is 6.54 Å². The van der Waals surface area contributed by atoms with Crippen molar-refractivity contribution in [3.8, 4) is 5.75 Å². The van der Waals surface area contributed by atoms with Gasteiger partial charge in [0.25, 0.3) is 0 Å². The highest BCUT2D eigenvalue weighted by molar-refractivity contribution is 6.35. The molecule has 0 fully saturated rings. The van der Waals surface area contributed by atoms with Crippen LogP contribution in [0.15, 0.2) is 36.4 Å². The Bertz CT molecular complexity index is 986. The van der Waals surface area contributed by atoms with Crippen LogP contribution in [0.4, 0.5) is 0 Å². The van der Waals surface area contributed by atoms with Crippen LogP contribution < -0.4 is 11.1 Å². The molecule has 2 aliphatic rings. The summed E-state index contributed by atoms with van der Waals surface area (Å²) in [7, 11) is 0. The molecule has 0 saturated carbocycles. The van der Waals surface area contributed by atoms with E-state index < -0.39 is 17.7 Å². The van der Waals surface area contributed by atoms with E-state index in [0.717, 1.165) is 28.7 Å². The molecule has 3 amide bonds. The van der Waals surface area contributed by atoms with E-state index in [1.807, 2.05) is 12.1 Å². The lowest BCUT2D eigenvalue weighted by Gasteiger charge is -2.29. The molecule has 0 bridgehead atoms. The molecule has 0 spiro atoms. The van der Waals surface area contributed by atoms with Gasteiger partial charge in [0, 0.05) is 18.7 Å². The number of primary amides is 1. The second-order valence-corrected chi connectivity index (χ2v) is 7.23. The number of carbonyl (C=O) groups is 3. The minimum Gasteiger partial charge on any atom is -0.508 e. The summed E-state index contributed by atoms with van der Waals surface area (Å²) in [6, 6.07) is 10.1. The summed E-state index contributed by atoms with van der Waals surface area (Å²) in [6.45, 7) is 0.621. The Balaban J connectivity index is 1.46. The van der Waals surface area contributed by atoms with Crippen molar-refractivity contribution in [2.45, 2.75) is 31.8 Å². The molecular formula is C21H21N3O4. The van der Waals surface area contributed by atoms with Crippen LogP contribution in [-0.4, -0.2) is 34.3 Å². The maximum Gasteiger partial charge on any atom is 0.312 e.